The number of hydrogen-bond acceptors (Lipinski definition) is 2. The zero-order valence-electron chi connectivity index (χ0n) is 5.56. The molecule has 0 unspecified atom stereocenters. The molecule has 2 nitrogen and oxygen atoms in total. The second-order valence-corrected chi connectivity index (χ2v) is 3.17. The Kier molecular flexibility index (Phi) is 3.78. The fourth-order valence-corrected chi connectivity index (χ4v) is 1.09. The lowest BCUT2D eigenvalue weighted by atomic mass is 10.4. The van der Waals surface area contributed by atoms with E-state index in [4.69, 9.17) is 32.7 Å². The van der Waals surface area contributed by atoms with Gasteiger partial charge in [0, 0.05) is 0 Å². The van der Waals surface area contributed by atoms with Crippen LogP contribution in [0.15, 0.2) is 0 Å². The van der Waals surface area contributed by atoms with Crippen molar-refractivity contribution in [3.8, 4) is 0 Å². The van der Waals surface area contributed by atoms with Crippen molar-refractivity contribution in [1.82, 2.24) is 0 Å². The van der Waals surface area contributed by atoms with Gasteiger partial charge in [0.05, 0.1) is 37.2 Å². The van der Waals surface area contributed by atoms with E-state index in [0.717, 1.165) is 0 Å². The maximum Gasteiger partial charge on any atom is 0.0944 e. The summed E-state index contributed by atoms with van der Waals surface area (Å²) in [6.45, 7) is 1.67. The van der Waals surface area contributed by atoms with Crippen molar-refractivity contribution in [1.29, 1.82) is 0 Å². The van der Waals surface area contributed by atoms with Crippen LogP contribution in [0, 0.1) is 0 Å². The third kappa shape index (κ3) is 2.62. The van der Waals surface area contributed by atoms with E-state index in [2.05, 4.69) is 0 Å². The van der Waals surface area contributed by atoms with Gasteiger partial charge in [0.25, 0.3) is 0 Å². The summed E-state index contributed by atoms with van der Waals surface area (Å²) in [5, 5.41) is -0.0202. The molecule has 1 fully saturated rings. The molecule has 10 heavy (non-hydrogen) atoms. The molecule has 0 spiro atoms. The van der Waals surface area contributed by atoms with Crippen molar-refractivity contribution in [3.05, 3.63) is 0 Å². The van der Waals surface area contributed by atoms with Gasteiger partial charge < -0.3 is 9.47 Å². The summed E-state index contributed by atoms with van der Waals surface area (Å²) >= 11 is 11.3. The first-order chi connectivity index (χ1) is 4.83. The molecule has 60 valence electrons. The largest absolute Gasteiger partial charge is 0.377 e. The Labute approximate surface area is 70.4 Å². The average Bonchev–Trinajstić information content (AvgIpc) is 2.14. The summed E-state index contributed by atoms with van der Waals surface area (Å²) < 4.78 is 10.4. The Morgan fingerprint density at radius 2 is 2.10 bits per heavy atom. The van der Waals surface area contributed by atoms with E-state index >= 15 is 0 Å². The highest BCUT2D eigenvalue weighted by Gasteiger charge is 2.16. The van der Waals surface area contributed by atoms with Crippen LogP contribution in [0.25, 0.3) is 0 Å². The van der Waals surface area contributed by atoms with E-state index in [1.165, 1.54) is 0 Å². The lowest BCUT2D eigenvalue weighted by Gasteiger charge is -2.09. The minimum atomic E-state index is -0.0202. The maximum atomic E-state index is 5.75. The van der Waals surface area contributed by atoms with E-state index < -0.39 is 0 Å². The van der Waals surface area contributed by atoms with E-state index in [1.807, 2.05) is 0 Å². The average molecular weight is 185 g/mol. The van der Waals surface area contributed by atoms with Gasteiger partial charge in [-0.25, -0.2) is 0 Å². The second-order valence-electron chi connectivity index (χ2n) is 2.24. The van der Waals surface area contributed by atoms with Crippen LogP contribution >= 0.6 is 23.2 Å². The molecule has 1 rings (SSSR count). The highest BCUT2D eigenvalue weighted by atomic mass is 35.5. The summed E-state index contributed by atoms with van der Waals surface area (Å²) in [5.41, 5.74) is 0. The first kappa shape index (κ1) is 8.60. The van der Waals surface area contributed by atoms with Crippen LogP contribution in [0.1, 0.15) is 0 Å². The summed E-state index contributed by atoms with van der Waals surface area (Å²) in [6.07, 6.45) is 0.0189. The second kappa shape index (κ2) is 4.39. The number of ether oxygens (including phenoxy) is 2. The van der Waals surface area contributed by atoms with E-state index in [-0.39, 0.29) is 11.5 Å². The third-order valence-electron chi connectivity index (χ3n) is 1.29. The molecule has 0 aliphatic carbocycles. The Balaban J connectivity index is 2.26. The molecular weight excluding hydrogens is 175 g/mol. The normalized spacial score (nSPS) is 35.4. The van der Waals surface area contributed by atoms with Gasteiger partial charge in [-0.05, 0) is 0 Å². The summed E-state index contributed by atoms with van der Waals surface area (Å²) in [6, 6.07) is 0. The molecule has 1 saturated heterocycles. The molecule has 1 heterocycles. The molecule has 0 N–H and O–H groups in total. The molecule has 1 aliphatic heterocycles. The first-order valence-corrected chi connectivity index (χ1v) is 4.19. The SMILES string of the molecule is ClC[C@@H]1COC[C@@H](Cl)CO1. The highest BCUT2D eigenvalue weighted by molar-refractivity contribution is 6.20. The molecule has 4 heteroatoms. The number of hydrogen-bond donors (Lipinski definition) is 0. The van der Waals surface area contributed by atoms with Crippen molar-refractivity contribution in [2.75, 3.05) is 25.7 Å². The van der Waals surface area contributed by atoms with Crippen LogP contribution in [-0.4, -0.2) is 37.2 Å². The van der Waals surface area contributed by atoms with Gasteiger partial charge in [-0.3, -0.25) is 0 Å². The molecule has 0 bridgehead atoms. The lowest BCUT2D eigenvalue weighted by Crippen LogP contribution is -2.19. The molecular formula is C6H10Cl2O2. The molecule has 1 aliphatic rings. The Bertz CT molecular complexity index is 99.7. The van der Waals surface area contributed by atoms with Crippen molar-refractivity contribution in [2.24, 2.45) is 0 Å². The van der Waals surface area contributed by atoms with Crippen molar-refractivity contribution in [3.63, 3.8) is 0 Å². The van der Waals surface area contributed by atoms with Gasteiger partial charge >= 0.3 is 0 Å². The summed E-state index contributed by atoms with van der Waals surface area (Å²) in [7, 11) is 0. The predicted octanol–water partition coefficient (Wildman–Crippen LogP) is 1.25. The topological polar surface area (TPSA) is 18.5 Å². The molecule has 2 atom stereocenters. The highest BCUT2D eigenvalue weighted by Crippen LogP contribution is 2.07. The van der Waals surface area contributed by atoms with Gasteiger partial charge in [0.15, 0.2) is 0 Å². The van der Waals surface area contributed by atoms with Crippen LogP contribution in [0.5, 0.6) is 0 Å². The number of alkyl halides is 2. The minimum absolute atomic E-state index is 0.0189. The van der Waals surface area contributed by atoms with Crippen LogP contribution in [0.3, 0.4) is 0 Å². The standard InChI is InChI=1S/C6H10Cl2O2/c7-1-6-4-9-2-5(8)3-10-6/h5-6H,1-4H2/t5-,6-/m1/s1. The van der Waals surface area contributed by atoms with Crippen LogP contribution in [0.2, 0.25) is 0 Å². The Morgan fingerprint density at radius 1 is 1.30 bits per heavy atom. The van der Waals surface area contributed by atoms with E-state index in [1.54, 1.807) is 0 Å². The van der Waals surface area contributed by atoms with Crippen LogP contribution in [-0.2, 0) is 9.47 Å². The van der Waals surface area contributed by atoms with E-state index in [0.29, 0.717) is 25.7 Å². The zero-order chi connectivity index (χ0) is 7.40. The molecule has 0 amide bonds. The fraction of sp³-hybridized carbons (Fsp3) is 1.00. The van der Waals surface area contributed by atoms with E-state index in [9.17, 15) is 0 Å². The Hall–Kier alpha value is 0.500. The van der Waals surface area contributed by atoms with Gasteiger partial charge in [-0.1, -0.05) is 0 Å². The zero-order valence-corrected chi connectivity index (χ0v) is 7.07. The van der Waals surface area contributed by atoms with Gasteiger partial charge in [-0.15, -0.1) is 23.2 Å². The maximum absolute atomic E-state index is 5.75. The molecule has 0 radical (unpaired) electrons. The van der Waals surface area contributed by atoms with Gasteiger partial charge in [0.1, 0.15) is 0 Å². The molecule has 0 saturated carbocycles. The van der Waals surface area contributed by atoms with Crippen molar-refractivity contribution in [2.45, 2.75) is 11.5 Å². The third-order valence-corrected chi connectivity index (χ3v) is 1.88. The predicted molar refractivity (Wildman–Crippen MR) is 40.9 cm³/mol. The Morgan fingerprint density at radius 3 is 2.80 bits per heavy atom. The quantitative estimate of drug-likeness (QED) is 0.572. The first-order valence-electron chi connectivity index (χ1n) is 3.22. The van der Waals surface area contributed by atoms with Gasteiger partial charge in [0.2, 0.25) is 0 Å². The van der Waals surface area contributed by atoms with Crippen molar-refractivity contribution >= 4 is 23.2 Å². The lowest BCUT2D eigenvalue weighted by molar-refractivity contribution is 0.0407. The number of halogens is 2. The molecule has 0 aromatic rings. The molecule has 0 aromatic carbocycles. The summed E-state index contributed by atoms with van der Waals surface area (Å²) in [4.78, 5) is 0. The van der Waals surface area contributed by atoms with Crippen molar-refractivity contribution < 1.29 is 9.47 Å². The van der Waals surface area contributed by atoms with Gasteiger partial charge in [-0.2, -0.15) is 0 Å². The fourth-order valence-electron chi connectivity index (χ4n) is 0.753. The monoisotopic (exact) mass is 184 g/mol. The minimum Gasteiger partial charge on any atom is -0.377 e. The summed E-state index contributed by atoms with van der Waals surface area (Å²) in [5.74, 6) is 0.476. The smallest absolute Gasteiger partial charge is 0.0944 e. The van der Waals surface area contributed by atoms with Crippen LogP contribution in [0.4, 0.5) is 0 Å². The van der Waals surface area contributed by atoms with Crippen LogP contribution < -0.4 is 0 Å². The molecule has 0 aromatic heterocycles. The number of rotatable bonds is 1.